The molecule has 0 aliphatic carbocycles. The van der Waals surface area contributed by atoms with E-state index in [9.17, 15) is 17.6 Å². The molecule has 0 saturated carbocycles. The Kier molecular flexibility index (Phi) is 4.52. The average Bonchev–Trinajstić information content (AvgIpc) is 2.40. The number of piperidine rings is 1. The maximum Gasteiger partial charge on any atom is 0.419 e. The highest BCUT2D eigenvalue weighted by molar-refractivity contribution is 5.47. The molecule has 0 spiro atoms. The van der Waals surface area contributed by atoms with Crippen molar-refractivity contribution in [2.45, 2.75) is 32.0 Å². The van der Waals surface area contributed by atoms with E-state index < -0.39 is 17.6 Å². The van der Waals surface area contributed by atoms with Gasteiger partial charge in [-0.05, 0) is 37.6 Å². The van der Waals surface area contributed by atoms with Crippen molar-refractivity contribution in [1.29, 1.82) is 0 Å². The maximum absolute atomic E-state index is 13.2. The Morgan fingerprint density at radius 3 is 2.45 bits per heavy atom. The van der Waals surface area contributed by atoms with Crippen LogP contribution in [0.25, 0.3) is 0 Å². The van der Waals surface area contributed by atoms with Gasteiger partial charge in [0, 0.05) is 24.8 Å². The summed E-state index contributed by atoms with van der Waals surface area (Å²) in [5.41, 5.74) is -0.887. The predicted molar refractivity (Wildman–Crippen MR) is 70.2 cm³/mol. The van der Waals surface area contributed by atoms with Gasteiger partial charge in [-0.25, -0.2) is 4.39 Å². The summed E-state index contributed by atoms with van der Waals surface area (Å²) in [4.78, 5) is 2.30. The molecule has 0 radical (unpaired) electrons. The summed E-state index contributed by atoms with van der Waals surface area (Å²) < 4.78 is 51.1. The van der Waals surface area contributed by atoms with Crippen molar-refractivity contribution in [3.8, 4) is 0 Å². The van der Waals surface area contributed by atoms with Gasteiger partial charge in [0.25, 0.3) is 0 Å². The van der Waals surface area contributed by atoms with Crippen molar-refractivity contribution in [1.82, 2.24) is 4.90 Å². The second-order valence-electron chi connectivity index (χ2n) is 5.05. The first kappa shape index (κ1) is 15.1. The molecule has 0 bridgehead atoms. The van der Waals surface area contributed by atoms with Gasteiger partial charge in [-0.2, -0.15) is 13.2 Å². The number of likely N-dealkylation sites (tertiary alicyclic amines) is 1. The second kappa shape index (κ2) is 5.99. The number of rotatable bonds is 3. The first-order chi connectivity index (χ1) is 9.40. The van der Waals surface area contributed by atoms with Crippen molar-refractivity contribution in [2.75, 3.05) is 25.0 Å². The van der Waals surface area contributed by atoms with Crippen molar-refractivity contribution >= 4 is 5.69 Å². The average molecular weight is 290 g/mol. The monoisotopic (exact) mass is 290 g/mol. The summed E-state index contributed by atoms with van der Waals surface area (Å²) >= 11 is 0. The van der Waals surface area contributed by atoms with E-state index in [0.29, 0.717) is 5.69 Å². The molecule has 0 aromatic heterocycles. The fourth-order valence-electron chi connectivity index (χ4n) is 2.46. The van der Waals surface area contributed by atoms with Gasteiger partial charge in [0.15, 0.2) is 0 Å². The Labute approximate surface area is 115 Å². The maximum atomic E-state index is 13.2. The highest BCUT2D eigenvalue weighted by Gasteiger charge is 2.34. The van der Waals surface area contributed by atoms with Gasteiger partial charge in [-0.3, -0.25) is 0 Å². The molecule has 2 nitrogen and oxygen atoms in total. The molecule has 2 rings (SSSR count). The lowest BCUT2D eigenvalue weighted by atomic mass is 10.0. The molecule has 0 unspecified atom stereocenters. The highest BCUT2D eigenvalue weighted by Crippen LogP contribution is 2.33. The first-order valence-electron chi connectivity index (χ1n) is 6.75. The summed E-state index contributed by atoms with van der Waals surface area (Å²) in [6.07, 6.45) is -2.90. The van der Waals surface area contributed by atoms with Gasteiger partial charge in [0.05, 0.1) is 5.56 Å². The van der Waals surface area contributed by atoms with Gasteiger partial charge < -0.3 is 10.2 Å². The highest BCUT2D eigenvalue weighted by atomic mass is 19.4. The van der Waals surface area contributed by atoms with E-state index in [1.165, 1.54) is 6.07 Å². The Balaban J connectivity index is 2.04. The Bertz CT molecular complexity index is 451. The van der Waals surface area contributed by atoms with Gasteiger partial charge >= 0.3 is 6.18 Å². The molecule has 1 aromatic carbocycles. The first-order valence-corrected chi connectivity index (χ1v) is 6.75. The molecule has 0 amide bonds. The third-order valence-corrected chi connectivity index (χ3v) is 3.68. The number of nitrogens with one attached hydrogen (secondary N) is 1. The molecule has 1 N–H and O–H groups in total. The Hall–Kier alpha value is -1.30. The number of alkyl halides is 3. The number of benzene rings is 1. The summed E-state index contributed by atoms with van der Waals surface area (Å²) in [6, 6.07) is 3.22. The largest absolute Gasteiger partial charge is 0.419 e. The summed E-state index contributed by atoms with van der Waals surface area (Å²) in [5.74, 6) is -1.23. The molecule has 0 atom stereocenters. The molecule has 6 heteroatoms. The third-order valence-electron chi connectivity index (χ3n) is 3.68. The minimum Gasteiger partial charge on any atom is -0.382 e. The normalized spacial score (nSPS) is 18.2. The quantitative estimate of drug-likeness (QED) is 0.853. The molecular formula is C14H18F4N2. The number of hydrogen-bond acceptors (Lipinski definition) is 2. The SMILES string of the molecule is CCN1CCC(Nc2ccc(F)c(C(F)(F)F)c2)CC1. The van der Waals surface area contributed by atoms with Crippen molar-refractivity contribution in [3.63, 3.8) is 0 Å². The zero-order valence-electron chi connectivity index (χ0n) is 11.3. The standard InChI is InChI=1S/C14H18F4N2/c1-2-20-7-5-10(6-8-20)19-11-3-4-13(15)12(9-11)14(16,17)18/h3-4,9-10,19H,2,5-8H2,1H3. The second-order valence-corrected chi connectivity index (χ2v) is 5.05. The summed E-state index contributed by atoms with van der Waals surface area (Å²) in [6.45, 7) is 4.94. The van der Waals surface area contributed by atoms with Crippen LogP contribution in [0.2, 0.25) is 0 Å². The predicted octanol–water partition coefficient (Wildman–Crippen LogP) is 3.74. The van der Waals surface area contributed by atoms with E-state index in [-0.39, 0.29) is 6.04 Å². The van der Waals surface area contributed by atoms with Crippen LogP contribution in [0.3, 0.4) is 0 Å². The van der Waals surface area contributed by atoms with Crippen LogP contribution in [-0.2, 0) is 6.18 Å². The molecule has 1 fully saturated rings. The molecule has 1 aliphatic heterocycles. The van der Waals surface area contributed by atoms with Crippen LogP contribution in [0.15, 0.2) is 18.2 Å². The molecule has 112 valence electrons. The topological polar surface area (TPSA) is 15.3 Å². The minimum atomic E-state index is -4.66. The van der Waals surface area contributed by atoms with Crippen LogP contribution < -0.4 is 5.32 Å². The molecule has 1 aromatic rings. The zero-order valence-corrected chi connectivity index (χ0v) is 11.3. The smallest absolute Gasteiger partial charge is 0.382 e. The van der Waals surface area contributed by atoms with Crippen molar-refractivity contribution < 1.29 is 17.6 Å². The van der Waals surface area contributed by atoms with Crippen LogP contribution in [0, 0.1) is 5.82 Å². The van der Waals surface area contributed by atoms with Gasteiger partial charge in [-0.15, -0.1) is 0 Å². The van der Waals surface area contributed by atoms with E-state index in [1.807, 2.05) is 0 Å². The zero-order chi connectivity index (χ0) is 14.8. The fraction of sp³-hybridized carbons (Fsp3) is 0.571. The molecular weight excluding hydrogens is 272 g/mol. The fourth-order valence-corrected chi connectivity index (χ4v) is 2.46. The van der Waals surface area contributed by atoms with Crippen LogP contribution >= 0.6 is 0 Å². The molecule has 1 saturated heterocycles. The lowest BCUT2D eigenvalue weighted by Gasteiger charge is -2.32. The van der Waals surface area contributed by atoms with Crippen molar-refractivity contribution in [2.24, 2.45) is 0 Å². The lowest BCUT2D eigenvalue weighted by Crippen LogP contribution is -2.38. The van der Waals surface area contributed by atoms with E-state index in [4.69, 9.17) is 0 Å². The van der Waals surface area contributed by atoms with Crippen LogP contribution in [-0.4, -0.2) is 30.6 Å². The minimum absolute atomic E-state index is 0.143. The van der Waals surface area contributed by atoms with E-state index in [0.717, 1.165) is 44.6 Å². The lowest BCUT2D eigenvalue weighted by molar-refractivity contribution is -0.139. The molecule has 20 heavy (non-hydrogen) atoms. The van der Waals surface area contributed by atoms with Crippen molar-refractivity contribution in [3.05, 3.63) is 29.6 Å². The van der Waals surface area contributed by atoms with Crippen LogP contribution in [0.1, 0.15) is 25.3 Å². The Morgan fingerprint density at radius 2 is 1.90 bits per heavy atom. The number of nitrogens with zero attached hydrogens (tertiary/aromatic N) is 1. The number of anilines is 1. The summed E-state index contributed by atoms with van der Waals surface area (Å²) in [5, 5.41) is 3.07. The number of hydrogen-bond donors (Lipinski definition) is 1. The van der Waals surface area contributed by atoms with Crippen LogP contribution in [0.4, 0.5) is 23.2 Å². The van der Waals surface area contributed by atoms with Gasteiger partial charge in [0.2, 0.25) is 0 Å². The van der Waals surface area contributed by atoms with E-state index in [2.05, 4.69) is 17.1 Å². The van der Waals surface area contributed by atoms with E-state index in [1.54, 1.807) is 0 Å². The molecule has 1 aliphatic rings. The van der Waals surface area contributed by atoms with Gasteiger partial charge in [0.1, 0.15) is 5.82 Å². The Morgan fingerprint density at radius 1 is 1.25 bits per heavy atom. The van der Waals surface area contributed by atoms with Gasteiger partial charge in [-0.1, -0.05) is 6.92 Å². The summed E-state index contributed by atoms with van der Waals surface area (Å²) in [7, 11) is 0. The third kappa shape index (κ3) is 3.62. The molecule has 1 heterocycles. The van der Waals surface area contributed by atoms with E-state index >= 15 is 0 Å². The van der Waals surface area contributed by atoms with Crippen LogP contribution in [0.5, 0.6) is 0 Å². The number of halogens is 4.